The number of anilines is 1. The highest BCUT2D eigenvalue weighted by atomic mass is 35.5. The third-order valence-electron chi connectivity index (χ3n) is 3.67. The lowest BCUT2D eigenvalue weighted by molar-refractivity contribution is 0.0395. The van der Waals surface area contributed by atoms with Crippen LogP contribution in [0.5, 0.6) is 0 Å². The molecule has 0 bridgehead atoms. The molecule has 0 amide bonds. The fraction of sp³-hybridized carbons (Fsp3) is 0.375. The monoisotopic (exact) mass is 303 g/mol. The Morgan fingerprint density at radius 2 is 2.10 bits per heavy atom. The molecule has 1 aromatic carbocycles. The number of hydrogen-bond donors (Lipinski definition) is 0. The van der Waals surface area contributed by atoms with E-state index in [0.717, 1.165) is 40.9 Å². The summed E-state index contributed by atoms with van der Waals surface area (Å²) in [5, 5.41) is 0.747. The Hall–Kier alpha value is -1.65. The number of aryl methyl sites for hydroxylation is 2. The first kappa shape index (κ1) is 14.3. The van der Waals surface area contributed by atoms with Crippen molar-refractivity contribution in [2.75, 3.05) is 24.6 Å². The second kappa shape index (κ2) is 6.00. The molecule has 5 heteroatoms. The molecular weight excluding hydrogens is 286 g/mol. The second-order valence-corrected chi connectivity index (χ2v) is 5.65. The molecule has 1 aromatic heterocycles. The van der Waals surface area contributed by atoms with Gasteiger partial charge in [-0.25, -0.2) is 4.98 Å². The molecule has 0 saturated carbocycles. The summed E-state index contributed by atoms with van der Waals surface area (Å²) < 4.78 is 5.89. The third kappa shape index (κ3) is 3.01. The number of morpholine rings is 1. The first-order valence-electron chi connectivity index (χ1n) is 7.06. The van der Waals surface area contributed by atoms with E-state index in [1.807, 2.05) is 38.1 Å². The number of nitrogens with zero attached hydrogens (tertiary/aromatic N) is 3. The number of benzene rings is 1. The van der Waals surface area contributed by atoms with Crippen molar-refractivity contribution in [2.45, 2.75) is 20.0 Å². The van der Waals surface area contributed by atoms with Gasteiger partial charge >= 0.3 is 0 Å². The molecule has 3 rings (SSSR count). The number of rotatable bonds is 2. The maximum Gasteiger partial charge on any atom is 0.150 e. The quantitative estimate of drug-likeness (QED) is 0.853. The SMILES string of the molecule is Cc1cnc(C)c(N2CCOC(c3ccccc3Cl)C2)n1. The molecule has 0 radical (unpaired) electrons. The predicted molar refractivity (Wildman–Crippen MR) is 83.9 cm³/mol. The summed E-state index contributed by atoms with van der Waals surface area (Å²) in [6, 6.07) is 7.84. The van der Waals surface area contributed by atoms with Crippen LogP contribution in [0.3, 0.4) is 0 Å². The van der Waals surface area contributed by atoms with Gasteiger partial charge in [-0.05, 0) is 19.9 Å². The van der Waals surface area contributed by atoms with Crippen LogP contribution >= 0.6 is 11.6 Å². The Labute approximate surface area is 129 Å². The first-order valence-corrected chi connectivity index (χ1v) is 7.44. The number of ether oxygens (including phenoxy) is 1. The Bertz CT molecular complexity index is 647. The van der Waals surface area contributed by atoms with Gasteiger partial charge in [0.2, 0.25) is 0 Å². The van der Waals surface area contributed by atoms with Gasteiger partial charge in [-0.15, -0.1) is 0 Å². The van der Waals surface area contributed by atoms with Gasteiger partial charge < -0.3 is 9.64 Å². The minimum atomic E-state index is -0.0332. The lowest BCUT2D eigenvalue weighted by atomic mass is 10.1. The fourth-order valence-electron chi connectivity index (χ4n) is 2.59. The van der Waals surface area contributed by atoms with E-state index in [4.69, 9.17) is 16.3 Å². The molecule has 1 aliphatic rings. The molecule has 0 spiro atoms. The van der Waals surface area contributed by atoms with E-state index in [0.29, 0.717) is 6.61 Å². The third-order valence-corrected chi connectivity index (χ3v) is 4.01. The zero-order chi connectivity index (χ0) is 14.8. The van der Waals surface area contributed by atoms with Gasteiger partial charge in [-0.1, -0.05) is 29.8 Å². The van der Waals surface area contributed by atoms with E-state index >= 15 is 0 Å². The lowest BCUT2D eigenvalue weighted by Crippen LogP contribution is -2.39. The smallest absolute Gasteiger partial charge is 0.150 e. The Morgan fingerprint density at radius 1 is 1.29 bits per heavy atom. The summed E-state index contributed by atoms with van der Waals surface area (Å²) in [6.45, 7) is 6.16. The molecule has 2 aromatic rings. The number of halogens is 1. The van der Waals surface area contributed by atoms with Gasteiger partial charge in [-0.2, -0.15) is 0 Å². The Balaban J connectivity index is 1.86. The Morgan fingerprint density at radius 3 is 2.90 bits per heavy atom. The predicted octanol–water partition coefficient (Wildman–Crippen LogP) is 3.32. The maximum absolute atomic E-state index is 6.28. The average Bonchev–Trinajstić information content (AvgIpc) is 2.50. The highest BCUT2D eigenvalue weighted by Crippen LogP contribution is 2.30. The van der Waals surface area contributed by atoms with Gasteiger partial charge in [0.05, 0.1) is 18.0 Å². The summed E-state index contributed by atoms with van der Waals surface area (Å²) in [5.74, 6) is 0.940. The van der Waals surface area contributed by atoms with Crippen molar-refractivity contribution < 1.29 is 4.74 Å². The Kier molecular flexibility index (Phi) is 4.08. The van der Waals surface area contributed by atoms with E-state index in [1.54, 1.807) is 6.20 Å². The molecular formula is C16H18ClN3O. The second-order valence-electron chi connectivity index (χ2n) is 5.25. The molecule has 0 N–H and O–H groups in total. The summed E-state index contributed by atoms with van der Waals surface area (Å²) in [7, 11) is 0. The standard InChI is InChI=1S/C16H18ClN3O/c1-11-9-18-12(2)16(19-11)20-7-8-21-15(10-20)13-5-3-4-6-14(13)17/h3-6,9,15H,7-8,10H2,1-2H3. The van der Waals surface area contributed by atoms with Crippen molar-refractivity contribution in [1.29, 1.82) is 0 Å². The van der Waals surface area contributed by atoms with Gasteiger partial charge in [0.15, 0.2) is 5.82 Å². The summed E-state index contributed by atoms with van der Waals surface area (Å²) in [4.78, 5) is 11.2. The van der Waals surface area contributed by atoms with Crippen molar-refractivity contribution in [1.82, 2.24) is 9.97 Å². The van der Waals surface area contributed by atoms with E-state index in [1.165, 1.54) is 0 Å². The van der Waals surface area contributed by atoms with Crippen LogP contribution < -0.4 is 4.90 Å². The van der Waals surface area contributed by atoms with Crippen LogP contribution in [0.4, 0.5) is 5.82 Å². The van der Waals surface area contributed by atoms with Crippen LogP contribution in [0.1, 0.15) is 23.1 Å². The van der Waals surface area contributed by atoms with Crippen LogP contribution in [0.2, 0.25) is 5.02 Å². The summed E-state index contributed by atoms with van der Waals surface area (Å²) in [5.41, 5.74) is 2.90. The first-order chi connectivity index (χ1) is 10.1. The van der Waals surface area contributed by atoms with Crippen LogP contribution in [0.15, 0.2) is 30.5 Å². The van der Waals surface area contributed by atoms with E-state index < -0.39 is 0 Å². The minimum absolute atomic E-state index is 0.0332. The maximum atomic E-state index is 6.28. The zero-order valence-electron chi connectivity index (χ0n) is 12.2. The minimum Gasteiger partial charge on any atom is -0.370 e. The molecule has 21 heavy (non-hydrogen) atoms. The highest BCUT2D eigenvalue weighted by Gasteiger charge is 2.25. The zero-order valence-corrected chi connectivity index (χ0v) is 13.0. The number of aromatic nitrogens is 2. The van der Waals surface area contributed by atoms with Crippen LogP contribution in [0.25, 0.3) is 0 Å². The van der Waals surface area contributed by atoms with Gasteiger partial charge in [0, 0.05) is 29.9 Å². The largest absolute Gasteiger partial charge is 0.370 e. The molecule has 1 atom stereocenters. The van der Waals surface area contributed by atoms with Crippen molar-refractivity contribution in [3.05, 3.63) is 52.4 Å². The highest BCUT2D eigenvalue weighted by molar-refractivity contribution is 6.31. The molecule has 0 aliphatic carbocycles. The van der Waals surface area contributed by atoms with E-state index in [9.17, 15) is 0 Å². The normalized spacial score (nSPS) is 18.8. The van der Waals surface area contributed by atoms with Gasteiger partial charge in [0.1, 0.15) is 6.10 Å². The topological polar surface area (TPSA) is 38.2 Å². The van der Waals surface area contributed by atoms with Crippen molar-refractivity contribution in [3.63, 3.8) is 0 Å². The lowest BCUT2D eigenvalue weighted by Gasteiger charge is -2.34. The summed E-state index contributed by atoms with van der Waals surface area (Å²) >= 11 is 6.28. The van der Waals surface area contributed by atoms with E-state index in [-0.39, 0.29) is 6.10 Å². The fourth-order valence-corrected chi connectivity index (χ4v) is 2.85. The number of hydrogen-bond acceptors (Lipinski definition) is 4. The van der Waals surface area contributed by atoms with Crippen molar-refractivity contribution in [2.24, 2.45) is 0 Å². The van der Waals surface area contributed by atoms with Crippen LogP contribution in [-0.4, -0.2) is 29.7 Å². The van der Waals surface area contributed by atoms with Crippen LogP contribution in [-0.2, 0) is 4.74 Å². The molecule has 4 nitrogen and oxygen atoms in total. The van der Waals surface area contributed by atoms with Gasteiger partial charge in [-0.3, -0.25) is 4.98 Å². The molecule has 1 saturated heterocycles. The summed E-state index contributed by atoms with van der Waals surface area (Å²) in [6.07, 6.45) is 1.76. The van der Waals surface area contributed by atoms with Crippen molar-refractivity contribution in [3.8, 4) is 0 Å². The average molecular weight is 304 g/mol. The van der Waals surface area contributed by atoms with Crippen LogP contribution in [0, 0.1) is 13.8 Å². The molecule has 1 aliphatic heterocycles. The van der Waals surface area contributed by atoms with Gasteiger partial charge in [0.25, 0.3) is 0 Å². The van der Waals surface area contributed by atoms with Crippen molar-refractivity contribution >= 4 is 17.4 Å². The molecule has 1 fully saturated rings. The molecule has 110 valence electrons. The molecule has 2 heterocycles. The molecule has 1 unspecified atom stereocenters. The van der Waals surface area contributed by atoms with E-state index in [2.05, 4.69) is 14.9 Å².